The summed E-state index contributed by atoms with van der Waals surface area (Å²) in [6, 6.07) is 2.25. The molecule has 0 saturated carbocycles. The van der Waals surface area contributed by atoms with Gasteiger partial charge < -0.3 is 10.6 Å². The fraction of sp³-hybridized carbons (Fsp3) is 0.400. The molecule has 0 aliphatic carbocycles. The third-order valence-electron chi connectivity index (χ3n) is 1.53. The lowest BCUT2D eigenvalue weighted by Gasteiger charge is -2.09. The summed E-state index contributed by atoms with van der Waals surface area (Å²) >= 11 is 0. The molecule has 0 saturated heterocycles. The molecule has 4 heteroatoms. The van der Waals surface area contributed by atoms with E-state index in [4.69, 9.17) is 0 Å². The maximum Gasteiger partial charge on any atom is 0.131 e. The highest BCUT2D eigenvalue weighted by Crippen LogP contribution is 2.08. The Balaban J connectivity index is 2.63. The van der Waals surface area contributed by atoms with E-state index in [1.807, 2.05) is 6.07 Å². The van der Waals surface area contributed by atoms with E-state index in [-0.39, 0.29) is 0 Å². The minimum Gasteiger partial charge on any atom is -0.368 e. The van der Waals surface area contributed by atoms with Crippen LogP contribution in [-0.2, 0) is 0 Å². The molecule has 0 spiro atoms. The van der Waals surface area contributed by atoms with Gasteiger partial charge in [-0.3, -0.25) is 0 Å². The van der Waals surface area contributed by atoms with Gasteiger partial charge in [-0.15, -0.1) is 6.58 Å². The maximum absolute atomic E-state index is 4.10. The first-order chi connectivity index (χ1) is 6.72. The third-order valence-corrected chi connectivity index (χ3v) is 1.53. The molecule has 0 unspecified atom stereocenters. The van der Waals surface area contributed by atoms with Crippen molar-refractivity contribution in [1.82, 2.24) is 9.97 Å². The fourth-order valence-electron chi connectivity index (χ4n) is 1.01. The molecule has 14 heavy (non-hydrogen) atoms. The number of rotatable bonds is 5. The summed E-state index contributed by atoms with van der Waals surface area (Å²) in [6.45, 7) is 8.47. The molecule has 1 rings (SSSR count). The normalized spacial score (nSPS) is 9.93. The van der Waals surface area contributed by atoms with Crippen LogP contribution >= 0.6 is 0 Å². The number of hydrogen-bond donors (Lipinski definition) is 2. The van der Waals surface area contributed by atoms with Crippen molar-refractivity contribution in [2.75, 3.05) is 17.2 Å². The monoisotopic (exact) mass is 192 g/mol. The molecular weight excluding hydrogens is 176 g/mol. The Morgan fingerprint density at radius 3 is 2.79 bits per heavy atom. The van der Waals surface area contributed by atoms with E-state index >= 15 is 0 Å². The smallest absolute Gasteiger partial charge is 0.131 e. The molecule has 0 fully saturated rings. The number of anilines is 2. The Morgan fingerprint density at radius 2 is 2.14 bits per heavy atom. The summed E-state index contributed by atoms with van der Waals surface area (Å²) in [5, 5.41) is 6.30. The van der Waals surface area contributed by atoms with Crippen molar-refractivity contribution in [2.24, 2.45) is 0 Å². The Labute approximate surface area is 84.5 Å². The molecule has 4 nitrogen and oxygen atoms in total. The van der Waals surface area contributed by atoms with Gasteiger partial charge in [0.1, 0.15) is 18.0 Å². The second-order valence-corrected chi connectivity index (χ2v) is 3.26. The molecular formula is C10H16N4. The lowest BCUT2D eigenvalue weighted by atomic mass is 10.4. The standard InChI is InChI=1S/C10H16N4/c1-4-5-11-9-6-10(13-7-12-9)14-8(2)3/h4,6-8H,1,5H2,2-3H3,(H2,11,12,13,14). The molecule has 0 atom stereocenters. The highest BCUT2D eigenvalue weighted by molar-refractivity contribution is 5.46. The van der Waals surface area contributed by atoms with E-state index in [1.54, 1.807) is 6.08 Å². The molecule has 0 radical (unpaired) electrons. The van der Waals surface area contributed by atoms with Crippen molar-refractivity contribution in [2.45, 2.75) is 19.9 Å². The number of nitrogens with zero attached hydrogens (tertiary/aromatic N) is 2. The molecule has 2 N–H and O–H groups in total. The first-order valence-electron chi connectivity index (χ1n) is 4.65. The average molecular weight is 192 g/mol. The molecule has 1 aromatic rings. The van der Waals surface area contributed by atoms with Gasteiger partial charge >= 0.3 is 0 Å². The van der Waals surface area contributed by atoms with Crippen LogP contribution < -0.4 is 10.6 Å². The van der Waals surface area contributed by atoms with Gasteiger partial charge in [-0.25, -0.2) is 9.97 Å². The SMILES string of the molecule is C=CCNc1cc(NC(C)C)ncn1. The highest BCUT2D eigenvalue weighted by atomic mass is 15.1. The first kappa shape index (κ1) is 10.5. The van der Waals surface area contributed by atoms with E-state index in [0.717, 1.165) is 11.6 Å². The lowest BCUT2D eigenvalue weighted by Crippen LogP contribution is -2.11. The minimum absolute atomic E-state index is 0.372. The molecule has 1 aromatic heterocycles. The zero-order chi connectivity index (χ0) is 10.4. The van der Waals surface area contributed by atoms with E-state index in [9.17, 15) is 0 Å². The zero-order valence-electron chi connectivity index (χ0n) is 8.62. The average Bonchev–Trinajstić information content (AvgIpc) is 2.14. The summed E-state index contributed by atoms with van der Waals surface area (Å²) < 4.78 is 0. The zero-order valence-corrected chi connectivity index (χ0v) is 8.62. The topological polar surface area (TPSA) is 49.8 Å². The van der Waals surface area contributed by atoms with E-state index in [0.29, 0.717) is 12.6 Å². The summed E-state index contributed by atoms with van der Waals surface area (Å²) in [5.74, 6) is 1.64. The second kappa shape index (κ2) is 5.21. The van der Waals surface area contributed by atoms with Crippen LogP contribution in [0.4, 0.5) is 11.6 Å². The van der Waals surface area contributed by atoms with Crippen LogP contribution in [0.25, 0.3) is 0 Å². The van der Waals surface area contributed by atoms with Crippen molar-refractivity contribution in [3.05, 3.63) is 25.0 Å². The number of aromatic nitrogens is 2. The third kappa shape index (κ3) is 3.43. The summed E-state index contributed by atoms with van der Waals surface area (Å²) in [4.78, 5) is 8.17. The molecule has 0 aliphatic rings. The summed E-state index contributed by atoms with van der Waals surface area (Å²) in [6.07, 6.45) is 3.33. The summed E-state index contributed by atoms with van der Waals surface area (Å²) in [5.41, 5.74) is 0. The predicted molar refractivity (Wildman–Crippen MR) is 59.5 cm³/mol. The van der Waals surface area contributed by atoms with E-state index in [2.05, 4.69) is 41.0 Å². The van der Waals surface area contributed by atoms with Crippen molar-refractivity contribution in [3.8, 4) is 0 Å². The Bertz CT molecular complexity index is 296. The van der Waals surface area contributed by atoms with Gasteiger partial charge in [0.2, 0.25) is 0 Å². The Hall–Kier alpha value is -1.58. The molecule has 76 valence electrons. The van der Waals surface area contributed by atoms with Crippen molar-refractivity contribution in [1.29, 1.82) is 0 Å². The van der Waals surface area contributed by atoms with Gasteiger partial charge in [-0.2, -0.15) is 0 Å². The van der Waals surface area contributed by atoms with Crippen LogP contribution in [0.15, 0.2) is 25.0 Å². The molecule has 0 amide bonds. The highest BCUT2D eigenvalue weighted by Gasteiger charge is 1.98. The first-order valence-corrected chi connectivity index (χ1v) is 4.65. The lowest BCUT2D eigenvalue weighted by molar-refractivity contribution is 0.886. The van der Waals surface area contributed by atoms with E-state index in [1.165, 1.54) is 6.33 Å². The summed E-state index contributed by atoms with van der Waals surface area (Å²) in [7, 11) is 0. The maximum atomic E-state index is 4.10. The fourth-order valence-corrected chi connectivity index (χ4v) is 1.01. The molecule has 0 bridgehead atoms. The molecule has 1 heterocycles. The van der Waals surface area contributed by atoms with Crippen LogP contribution in [0.2, 0.25) is 0 Å². The predicted octanol–water partition coefficient (Wildman–Crippen LogP) is 1.89. The van der Waals surface area contributed by atoms with Gasteiger partial charge in [0.25, 0.3) is 0 Å². The molecule has 0 aliphatic heterocycles. The van der Waals surface area contributed by atoms with Crippen molar-refractivity contribution in [3.63, 3.8) is 0 Å². The van der Waals surface area contributed by atoms with Crippen molar-refractivity contribution < 1.29 is 0 Å². The largest absolute Gasteiger partial charge is 0.368 e. The van der Waals surface area contributed by atoms with Gasteiger partial charge in [0.15, 0.2) is 0 Å². The Morgan fingerprint density at radius 1 is 1.43 bits per heavy atom. The molecule has 0 aromatic carbocycles. The van der Waals surface area contributed by atoms with Crippen molar-refractivity contribution >= 4 is 11.6 Å². The van der Waals surface area contributed by atoms with Crippen LogP contribution in [0.3, 0.4) is 0 Å². The Kier molecular flexibility index (Phi) is 3.91. The second-order valence-electron chi connectivity index (χ2n) is 3.26. The van der Waals surface area contributed by atoms with Crippen LogP contribution in [0.1, 0.15) is 13.8 Å². The van der Waals surface area contributed by atoms with Gasteiger partial charge in [0, 0.05) is 18.7 Å². The van der Waals surface area contributed by atoms with Gasteiger partial charge in [-0.1, -0.05) is 6.08 Å². The van der Waals surface area contributed by atoms with Gasteiger partial charge in [-0.05, 0) is 13.8 Å². The van der Waals surface area contributed by atoms with Crippen LogP contribution in [0.5, 0.6) is 0 Å². The van der Waals surface area contributed by atoms with Gasteiger partial charge in [0.05, 0.1) is 0 Å². The number of nitrogens with one attached hydrogen (secondary N) is 2. The quantitative estimate of drug-likeness (QED) is 0.699. The minimum atomic E-state index is 0.372. The van der Waals surface area contributed by atoms with E-state index < -0.39 is 0 Å². The van der Waals surface area contributed by atoms with Crippen LogP contribution in [0, 0.1) is 0 Å². The van der Waals surface area contributed by atoms with Crippen LogP contribution in [-0.4, -0.2) is 22.6 Å². The number of hydrogen-bond acceptors (Lipinski definition) is 4.